The van der Waals surface area contributed by atoms with Gasteiger partial charge < -0.3 is 10.4 Å². The number of phenolic OH excluding ortho intramolecular Hbond substituents is 1. The summed E-state index contributed by atoms with van der Waals surface area (Å²) in [6.45, 7) is 0. The minimum absolute atomic E-state index is 0.145. The average Bonchev–Trinajstić information content (AvgIpc) is 2.95. The largest absolute Gasteiger partial charge is 0.507 e. The van der Waals surface area contributed by atoms with Crippen molar-refractivity contribution in [2.75, 3.05) is 5.32 Å². The van der Waals surface area contributed by atoms with E-state index in [0.717, 1.165) is 5.69 Å². The molecular weight excluding hydrogens is 268 g/mol. The minimum Gasteiger partial charge on any atom is -0.507 e. The topological polar surface area (TPSA) is 88.2 Å². The summed E-state index contributed by atoms with van der Waals surface area (Å²) in [6.07, 6.45) is 1.49. The van der Waals surface area contributed by atoms with Gasteiger partial charge in [0.1, 0.15) is 5.75 Å². The van der Waals surface area contributed by atoms with Gasteiger partial charge in [0.15, 0.2) is 0 Å². The van der Waals surface area contributed by atoms with Gasteiger partial charge in [-0.2, -0.15) is 5.10 Å². The number of nitrogens with one attached hydrogen (secondary N) is 1. The van der Waals surface area contributed by atoms with Gasteiger partial charge in [-0.05, 0) is 34.7 Å². The van der Waals surface area contributed by atoms with Crippen molar-refractivity contribution >= 4 is 17.9 Å². The molecule has 0 saturated carbocycles. The molecule has 0 aliphatic heterocycles. The highest BCUT2D eigenvalue weighted by Crippen LogP contribution is 2.14. The zero-order chi connectivity index (χ0) is 14.5. The van der Waals surface area contributed by atoms with Crippen LogP contribution in [0.25, 0.3) is 0 Å². The zero-order valence-corrected chi connectivity index (χ0v) is 11.0. The van der Waals surface area contributed by atoms with Gasteiger partial charge in [0.2, 0.25) is 0 Å². The van der Waals surface area contributed by atoms with Crippen LogP contribution in [0.1, 0.15) is 5.56 Å². The number of aromatic nitrogens is 4. The fraction of sp³-hybridized carbons (Fsp3) is 0. The van der Waals surface area contributed by atoms with Gasteiger partial charge in [0.05, 0.1) is 6.21 Å². The molecule has 7 heteroatoms. The molecule has 1 heterocycles. The van der Waals surface area contributed by atoms with E-state index in [1.54, 1.807) is 18.2 Å². The summed E-state index contributed by atoms with van der Waals surface area (Å²) in [5.74, 6) is 0.528. The molecule has 3 rings (SSSR count). The third-order valence-electron chi connectivity index (χ3n) is 2.73. The first-order chi connectivity index (χ1) is 10.3. The van der Waals surface area contributed by atoms with Gasteiger partial charge >= 0.3 is 0 Å². The molecule has 104 valence electrons. The van der Waals surface area contributed by atoms with Crippen molar-refractivity contribution in [2.45, 2.75) is 0 Å². The number of tetrazole rings is 1. The lowest BCUT2D eigenvalue weighted by Gasteiger charge is -2.02. The summed E-state index contributed by atoms with van der Waals surface area (Å²) in [6, 6.07) is 16.4. The number of para-hydroxylation sites is 2. The Labute approximate surface area is 120 Å². The Morgan fingerprint density at radius 1 is 1.05 bits per heavy atom. The molecule has 0 saturated heterocycles. The van der Waals surface area contributed by atoms with Crippen LogP contribution in [0.5, 0.6) is 5.75 Å². The Hall–Kier alpha value is -3.22. The fourth-order valence-electron chi connectivity index (χ4n) is 1.70. The molecule has 7 nitrogen and oxygen atoms in total. The Bertz CT molecular complexity index is 753. The maximum atomic E-state index is 9.68. The van der Waals surface area contributed by atoms with Gasteiger partial charge in [0.25, 0.3) is 5.95 Å². The first-order valence-corrected chi connectivity index (χ1v) is 6.26. The van der Waals surface area contributed by atoms with Crippen LogP contribution < -0.4 is 5.32 Å². The van der Waals surface area contributed by atoms with Crippen molar-refractivity contribution < 1.29 is 5.11 Å². The number of rotatable bonds is 4. The van der Waals surface area contributed by atoms with Crippen LogP contribution in [-0.2, 0) is 0 Å². The number of phenols is 1. The van der Waals surface area contributed by atoms with E-state index < -0.39 is 0 Å². The molecule has 0 aliphatic carbocycles. The standard InChI is InChI=1S/C14H12N6O/c21-13-9-5-4-6-11(13)10-15-20-14(17-18-19-20)16-12-7-2-1-3-8-12/h1-10,21H,(H,16,17,19). The second-order valence-electron chi connectivity index (χ2n) is 4.19. The number of benzene rings is 2. The molecule has 3 aromatic rings. The zero-order valence-electron chi connectivity index (χ0n) is 11.0. The quantitative estimate of drug-likeness (QED) is 0.714. The molecule has 0 atom stereocenters. The predicted molar refractivity (Wildman–Crippen MR) is 78.6 cm³/mol. The van der Waals surface area contributed by atoms with E-state index >= 15 is 0 Å². The van der Waals surface area contributed by atoms with Crippen LogP contribution in [0.2, 0.25) is 0 Å². The van der Waals surface area contributed by atoms with Crippen LogP contribution in [0.4, 0.5) is 11.6 Å². The molecule has 0 amide bonds. The van der Waals surface area contributed by atoms with E-state index in [4.69, 9.17) is 0 Å². The van der Waals surface area contributed by atoms with Crippen molar-refractivity contribution in [1.82, 2.24) is 20.3 Å². The summed E-state index contributed by atoms with van der Waals surface area (Å²) in [7, 11) is 0. The van der Waals surface area contributed by atoms with Crippen molar-refractivity contribution in [2.24, 2.45) is 5.10 Å². The van der Waals surface area contributed by atoms with E-state index in [1.165, 1.54) is 11.0 Å². The molecule has 21 heavy (non-hydrogen) atoms. The monoisotopic (exact) mass is 280 g/mol. The highest BCUT2D eigenvalue weighted by atomic mass is 16.3. The fourth-order valence-corrected chi connectivity index (χ4v) is 1.70. The van der Waals surface area contributed by atoms with Gasteiger partial charge in [0, 0.05) is 11.3 Å². The third kappa shape index (κ3) is 3.03. The molecule has 0 spiro atoms. The Morgan fingerprint density at radius 3 is 2.62 bits per heavy atom. The molecule has 0 radical (unpaired) electrons. The van der Waals surface area contributed by atoms with E-state index in [0.29, 0.717) is 11.5 Å². The molecule has 2 aromatic carbocycles. The van der Waals surface area contributed by atoms with Gasteiger partial charge in [-0.25, -0.2) is 0 Å². The van der Waals surface area contributed by atoms with Crippen LogP contribution >= 0.6 is 0 Å². The SMILES string of the molecule is Oc1ccccc1C=Nn1nnnc1Nc1ccccc1. The number of anilines is 2. The number of hydrogen-bond donors (Lipinski definition) is 2. The van der Waals surface area contributed by atoms with Crippen molar-refractivity contribution in [3.8, 4) is 5.75 Å². The van der Waals surface area contributed by atoms with Crippen LogP contribution in [0, 0.1) is 0 Å². The second-order valence-corrected chi connectivity index (χ2v) is 4.19. The van der Waals surface area contributed by atoms with Gasteiger partial charge in [-0.3, -0.25) is 0 Å². The summed E-state index contributed by atoms with van der Waals surface area (Å²) in [5.41, 5.74) is 1.44. The van der Waals surface area contributed by atoms with Crippen LogP contribution in [0.15, 0.2) is 59.7 Å². The van der Waals surface area contributed by atoms with E-state index in [2.05, 4.69) is 25.9 Å². The lowest BCUT2D eigenvalue weighted by Crippen LogP contribution is -2.01. The molecule has 2 N–H and O–H groups in total. The molecule has 1 aromatic heterocycles. The highest BCUT2D eigenvalue weighted by Gasteiger charge is 2.04. The number of hydrogen-bond acceptors (Lipinski definition) is 6. The molecule has 0 fully saturated rings. The number of aromatic hydroxyl groups is 1. The average molecular weight is 280 g/mol. The van der Waals surface area contributed by atoms with Gasteiger partial charge in [-0.15, -0.1) is 0 Å². The molecule has 0 aliphatic rings. The van der Waals surface area contributed by atoms with Gasteiger partial charge in [-0.1, -0.05) is 40.2 Å². The van der Waals surface area contributed by atoms with Crippen molar-refractivity contribution in [3.05, 3.63) is 60.2 Å². The predicted octanol–water partition coefficient (Wildman–Crippen LogP) is 2.00. The smallest absolute Gasteiger partial charge is 0.269 e. The van der Waals surface area contributed by atoms with Crippen molar-refractivity contribution in [3.63, 3.8) is 0 Å². The minimum atomic E-state index is 0.145. The highest BCUT2D eigenvalue weighted by molar-refractivity contribution is 5.83. The Morgan fingerprint density at radius 2 is 1.81 bits per heavy atom. The third-order valence-corrected chi connectivity index (χ3v) is 2.73. The van der Waals surface area contributed by atoms with Crippen LogP contribution in [0.3, 0.4) is 0 Å². The summed E-state index contributed by atoms with van der Waals surface area (Å²) in [4.78, 5) is 1.25. The van der Waals surface area contributed by atoms with E-state index in [1.807, 2.05) is 36.4 Å². The number of nitrogens with zero attached hydrogens (tertiary/aromatic N) is 5. The lowest BCUT2D eigenvalue weighted by atomic mass is 10.2. The molecular formula is C14H12N6O. The van der Waals surface area contributed by atoms with Crippen LogP contribution in [-0.4, -0.2) is 31.6 Å². The van der Waals surface area contributed by atoms with E-state index in [-0.39, 0.29) is 5.75 Å². The first-order valence-electron chi connectivity index (χ1n) is 6.26. The normalized spacial score (nSPS) is 10.9. The Kier molecular flexibility index (Phi) is 3.55. The summed E-state index contributed by atoms with van der Waals surface area (Å²) < 4.78 is 0. The van der Waals surface area contributed by atoms with E-state index in [9.17, 15) is 5.11 Å². The maximum Gasteiger partial charge on any atom is 0.269 e. The maximum absolute atomic E-state index is 9.68. The van der Waals surface area contributed by atoms with Crippen molar-refractivity contribution in [1.29, 1.82) is 0 Å². The lowest BCUT2D eigenvalue weighted by molar-refractivity contribution is 0.474. The first kappa shape index (κ1) is 12.8. The second kappa shape index (κ2) is 5.83. The Balaban J connectivity index is 1.81. The summed E-state index contributed by atoms with van der Waals surface area (Å²) in [5, 5.41) is 28.1. The summed E-state index contributed by atoms with van der Waals surface area (Å²) >= 11 is 0. The molecule has 0 unspecified atom stereocenters. The molecule has 0 bridgehead atoms.